The predicted octanol–water partition coefficient (Wildman–Crippen LogP) is 0.894. The Morgan fingerprint density at radius 2 is 1.86 bits per heavy atom. The zero-order valence-electron chi connectivity index (χ0n) is 4.31. The summed E-state index contributed by atoms with van der Waals surface area (Å²) in [6.07, 6.45) is 1.71. The van der Waals surface area contributed by atoms with Crippen LogP contribution in [0, 0.1) is 0 Å². The monoisotopic (exact) mass is 100 g/mol. The summed E-state index contributed by atoms with van der Waals surface area (Å²) in [6, 6.07) is 0. The smallest absolute Gasteiger partial charge is 0.135 e. The van der Waals surface area contributed by atoms with E-state index in [1.807, 2.05) is 6.92 Å². The van der Waals surface area contributed by atoms with Crippen LogP contribution in [0.25, 0.3) is 0 Å². The molecule has 0 spiro atoms. The van der Waals surface area contributed by atoms with Gasteiger partial charge < -0.3 is 9.47 Å². The standard InChI is InChI=1S/C3H4O.C2H4O/c1-3-2-4-3;1-2-3-1/h2H,1H3;1-2H2. The van der Waals surface area contributed by atoms with Crippen molar-refractivity contribution in [1.29, 1.82) is 0 Å². The lowest BCUT2D eigenvalue weighted by molar-refractivity contribution is 0.475. The summed E-state index contributed by atoms with van der Waals surface area (Å²) in [7, 11) is 0. The minimum Gasteiger partial charge on any atom is -0.463 e. The first-order chi connectivity index (χ1) is 3.39. The van der Waals surface area contributed by atoms with Gasteiger partial charge in [-0.1, -0.05) is 0 Å². The van der Waals surface area contributed by atoms with E-state index < -0.39 is 0 Å². The number of allylic oxidation sites excluding steroid dienone is 1. The molecule has 7 heavy (non-hydrogen) atoms. The Bertz CT molecular complexity index is 81.3. The molecule has 40 valence electrons. The van der Waals surface area contributed by atoms with Crippen molar-refractivity contribution in [1.82, 2.24) is 0 Å². The first-order valence-electron chi connectivity index (χ1n) is 2.31. The zero-order valence-corrected chi connectivity index (χ0v) is 4.31. The van der Waals surface area contributed by atoms with Gasteiger partial charge in [0.1, 0.15) is 12.0 Å². The molecule has 0 radical (unpaired) electrons. The van der Waals surface area contributed by atoms with E-state index in [1.54, 1.807) is 6.26 Å². The summed E-state index contributed by atoms with van der Waals surface area (Å²) in [6.45, 7) is 3.92. The Morgan fingerprint density at radius 3 is 1.86 bits per heavy atom. The third-order valence-corrected chi connectivity index (χ3v) is 0.558. The van der Waals surface area contributed by atoms with Gasteiger partial charge in [0.25, 0.3) is 0 Å². The fourth-order valence-corrected chi connectivity index (χ4v) is 0.0589. The zero-order chi connectivity index (χ0) is 5.11. The second-order valence-corrected chi connectivity index (χ2v) is 1.46. The molecule has 2 aliphatic heterocycles. The molecule has 0 bridgehead atoms. The van der Waals surface area contributed by atoms with Gasteiger partial charge in [0.15, 0.2) is 0 Å². The van der Waals surface area contributed by atoms with Gasteiger partial charge in [0, 0.05) is 0 Å². The van der Waals surface area contributed by atoms with Crippen LogP contribution in [0.3, 0.4) is 0 Å². The molecule has 0 aromatic rings. The van der Waals surface area contributed by atoms with Crippen LogP contribution in [-0.2, 0) is 9.47 Å². The second-order valence-electron chi connectivity index (χ2n) is 1.46. The van der Waals surface area contributed by atoms with Crippen LogP contribution >= 0.6 is 0 Å². The van der Waals surface area contributed by atoms with Crippen molar-refractivity contribution >= 4 is 0 Å². The lowest BCUT2D eigenvalue weighted by Gasteiger charge is -1.53. The summed E-state index contributed by atoms with van der Waals surface area (Å²) in [5.41, 5.74) is 0. The van der Waals surface area contributed by atoms with E-state index in [-0.39, 0.29) is 0 Å². The van der Waals surface area contributed by atoms with Crippen molar-refractivity contribution in [3.05, 3.63) is 12.0 Å². The number of rotatable bonds is 0. The fourth-order valence-electron chi connectivity index (χ4n) is 0.0589. The van der Waals surface area contributed by atoms with E-state index in [1.165, 1.54) is 0 Å². The van der Waals surface area contributed by atoms with Crippen LogP contribution in [-0.4, -0.2) is 13.2 Å². The molecule has 0 aliphatic carbocycles. The average Bonchev–Trinajstić information content (AvgIpc) is 2.27. The molecule has 2 heterocycles. The molecule has 2 nitrogen and oxygen atoms in total. The van der Waals surface area contributed by atoms with Crippen LogP contribution in [0.1, 0.15) is 6.92 Å². The van der Waals surface area contributed by atoms with Crippen molar-refractivity contribution < 1.29 is 9.47 Å². The SMILES string of the molecule is C1CO1.CC1=CO1. The molecule has 1 fully saturated rings. The lowest BCUT2D eigenvalue weighted by Crippen LogP contribution is -1.33. The summed E-state index contributed by atoms with van der Waals surface area (Å²) in [5.74, 6) is 1.04. The van der Waals surface area contributed by atoms with Gasteiger partial charge in [-0.15, -0.1) is 0 Å². The van der Waals surface area contributed by atoms with Gasteiger partial charge in [0.05, 0.1) is 13.2 Å². The third kappa shape index (κ3) is 5.50. The van der Waals surface area contributed by atoms with E-state index in [0.717, 1.165) is 19.0 Å². The summed E-state index contributed by atoms with van der Waals surface area (Å²) in [5, 5.41) is 0. The Labute approximate surface area is 42.7 Å². The highest BCUT2D eigenvalue weighted by Gasteiger charge is 1.95. The Balaban J connectivity index is 0.0000000729. The van der Waals surface area contributed by atoms with Crippen LogP contribution in [0.4, 0.5) is 0 Å². The largest absolute Gasteiger partial charge is 0.463 e. The molecular weight excluding hydrogens is 92.1 g/mol. The topological polar surface area (TPSA) is 25.1 Å². The van der Waals surface area contributed by atoms with E-state index in [4.69, 9.17) is 0 Å². The van der Waals surface area contributed by atoms with E-state index >= 15 is 0 Å². The molecule has 0 aromatic carbocycles. The second kappa shape index (κ2) is 1.98. The normalized spacial score (nSPS) is 20.4. The molecule has 0 saturated carbocycles. The number of epoxide rings is 1. The summed E-state index contributed by atoms with van der Waals surface area (Å²) in [4.78, 5) is 0. The summed E-state index contributed by atoms with van der Waals surface area (Å²) >= 11 is 0. The minimum atomic E-state index is 1.00. The molecule has 0 unspecified atom stereocenters. The maximum atomic E-state index is 4.50. The van der Waals surface area contributed by atoms with Crippen LogP contribution < -0.4 is 0 Å². The molecule has 2 aliphatic rings. The van der Waals surface area contributed by atoms with Crippen LogP contribution in [0.15, 0.2) is 12.0 Å². The number of hydrogen-bond donors (Lipinski definition) is 0. The highest BCUT2D eigenvalue weighted by molar-refractivity contribution is 4.96. The van der Waals surface area contributed by atoms with Gasteiger partial charge >= 0.3 is 0 Å². The van der Waals surface area contributed by atoms with Crippen molar-refractivity contribution in [2.75, 3.05) is 13.2 Å². The predicted molar refractivity (Wildman–Crippen MR) is 25.7 cm³/mol. The Morgan fingerprint density at radius 1 is 1.57 bits per heavy atom. The quantitative estimate of drug-likeness (QED) is 0.422. The minimum absolute atomic E-state index is 1.00. The highest BCUT2D eigenvalue weighted by atomic mass is 16.6. The van der Waals surface area contributed by atoms with E-state index in [2.05, 4.69) is 9.47 Å². The third-order valence-electron chi connectivity index (χ3n) is 0.558. The highest BCUT2D eigenvalue weighted by Crippen LogP contribution is 2.08. The van der Waals surface area contributed by atoms with Gasteiger partial charge in [0.2, 0.25) is 0 Å². The maximum absolute atomic E-state index is 4.50. The van der Waals surface area contributed by atoms with Gasteiger partial charge in [-0.05, 0) is 6.92 Å². The molecule has 1 saturated heterocycles. The van der Waals surface area contributed by atoms with Crippen molar-refractivity contribution in [3.63, 3.8) is 0 Å². The Hall–Kier alpha value is -0.500. The van der Waals surface area contributed by atoms with Crippen molar-refractivity contribution in [3.8, 4) is 0 Å². The van der Waals surface area contributed by atoms with Crippen LogP contribution in [0.5, 0.6) is 0 Å². The van der Waals surface area contributed by atoms with Crippen LogP contribution in [0.2, 0.25) is 0 Å². The van der Waals surface area contributed by atoms with E-state index in [9.17, 15) is 0 Å². The fraction of sp³-hybridized carbons (Fsp3) is 0.600. The Kier molecular flexibility index (Phi) is 1.32. The number of ether oxygens (including phenoxy) is 2. The van der Waals surface area contributed by atoms with Crippen molar-refractivity contribution in [2.24, 2.45) is 0 Å². The molecule has 2 heteroatoms. The molecule has 0 amide bonds. The lowest BCUT2D eigenvalue weighted by atomic mass is 10.8. The maximum Gasteiger partial charge on any atom is 0.135 e. The molecule has 0 atom stereocenters. The van der Waals surface area contributed by atoms with Gasteiger partial charge in [-0.3, -0.25) is 0 Å². The molecule has 0 N–H and O–H groups in total. The van der Waals surface area contributed by atoms with Crippen molar-refractivity contribution in [2.45, 2.75) is 6.92 Å². The molecule has 0 aromatic heterocycles. The molecular formula is C5H8O2. The molecule has 2 rings (SSSR count). The first-order valence-corrected chi connectivity index (χ1v) is 2.31. The van der Waals surface area contributed by atoms with Gasteiger partial charge in [-0.2, -0.15) is 0 Å². The first kappa shape index (κ1) is 4.65. The van der Waals surface area contributed by atoms with Gasteiger partial charge in [-0.25, -0.2) is 0 Å². The number of hydrogen-bond acceptors (Lipinski definition) is 2. The summed E-state index contributed by atoms with van der Waals surface area (Å²) < 4.78 is 9.00. The van der Waals surface area contributed by atoms with E-state index in [0.29, 0.717) is 0 Å². The average molecular weight is 100 g/mol.